The van der Waals surface area contributed by atoms with Gasteiger partial charge in [-0.15, -0.1) is 0 Å². The maximum absolute atomic E-state index is 12.7. The number of aldehydes is 1. The predicted molar refractivity (Wildman–Crippen MR) is 56.1 cm³/mol. The van der Waals surface area contributed by atoms with Crippen LogP contribution in [0.25, 0.3) is 0 Å². The first-order chi connectivity index (χ1) is 7.70. The Morgan fingerprint density at radius 1 is 1.38 bits per heavy atom. The molecular weight excluding hydrogens is 209 g/mol. The first-order valence-corrected chi connectivity index (χ1v) is 5.22. The molecule has 16 heavy (non-hydrogen) atoms. The Bertz CT molecular complexity index is 398. The molecule has 1 amide bonds. The number of hydrogen-bond donors (Lipinski definition) is 1. The molecule has 0 unspecified atom stereocenters. The summed E-state index contributed by atoms with van der Waals surface area (Å²) in [6.45, 7) is 0. The summed E-state index contributed by atoms with van der Waals surface area (Å²) in [6, 6.07) is 4.88. The Morgan fingerprint density at radius 2 is 2.00 bits per heavy atom. The third kappa shape index (κ3) is 2.45. The van der Waals surface area contributed by atoms with Crippen LogP contribution in [0.3, 0.4) is 0 Å². The topological polar surface area (TPSA) is 46.2 Å². The van der Waals surface area contributed by atoms with Crippen LogP contribution >= 0.6 is 0 Å². The molecule has 0 radical (unpaired) electrons. The van der Waals surface area contributed by atoms with Crippen molar-refractivity contribution in [3.63, 3.8) is 0 Å². The lowest BCUT2D eigenvalue weighted by molar-refractivity contribution is -0.125. The highest BCUT2D eigenvalue weighted by Crippen LogP contribution is 2.29. The monoisotopic (exact) mass is 221 g/mol. The van der Waals surface area contributed by atoms with E-state index in [0.717, 1.165) is 12.8 Å². The van der Waals surface area contributed by atoms with Gasteiger partial charge >= 0.3 is 0 Å². The van der Waals surface area contributed by atoms with Gasteiger partial charge in [-0.3, -0.25) is 4.79 Å². The average Bonchev–Trinajstić information content (AvgIpc) is 3.11. The molecule has 0 spiro atoms. The van der Waals surface area contributed by atoms with E-state index in [9.17, 15) is 14.0 Å². The molecule has 1 N–H and O–H groups in total. The Hall–Kier alpha value is -1.71. The van der Waals surface area contributed by atoms with E-state index < -0.39 is 6.04 Å². The van der Waals surface area contributed by atoms with Gasteiger partial charge in [0.15, 0.2) is 0 Å². The van der Waals surface area contributed by atoms with Gasteiger partial charge in [-0.1, -0.05) is 12.1 Å². The molecule has 0 heterocycles. The van der Waals surface area contributed by atoms with E-state index >= 15 is 0 Å². The van der Waals surface area contributed by atoms with Crippen molar-refractivity contribution in [3.05, 3.63) is 35.6 Å². The van der Waals surface area contributed by atoms with E-state index in [2.05, 4.69) is 5.32 Å². The zero-order valence-electron chi connectivity index (χ0n) is 8.65. The predicted octanol–water partition coefficient (Wildman–Crippen LogP) is 1.59. The number of hydrogen-bond acceptors (Lipinski definition) is 2. The minimum absolute atomic E-state index is 0.0582. The fourth-order valence-corrected chi connectivity index (χ4v) is 1.48. The van der Waals surface area contributed by atoms with Gasteiger partial charge in [0, 0.05) is 5.92 Å². The summed E-state index contributed by atoms with van der Waals surface area (Å²) in [5, 5.41) is 2.63. The summed E-state index contributed by atoms with van der Waals surface area (Å²) in [4.78, 5) is 22.3. The quantitative estimate of drug-likeness (QED) is 0.785. The Kier molecular flexibility index (Phi) is 2.99. The number of benzene rings is 1. The van der Waals surface area contributed by atoms with Crippen LogP contribution in [0.2, 0.25) is 0 Å². The van der Waals surface area contributed by atoms with Crippen molar-refractivity contribution in [2.75, 3.05) is 0 Å². The molecule has 2 rings (SSSR count). The van der Waals surface area contributed by atoms with Gasteiger partial charge in [0.2, 0.25) is 5.91 Å². The zero-order chi connectivity index (χ0) is 11.5. The number of nitrogens with one attached hydrogen (secondary N) is 1. The van der Waals surface area contributed by atoms with Crippen molar-refractivity contribution in [2.45, 2.75) is 18.9 Å². The summed E-state index contributed by atoms with van der Waals surface area (Å²) in [7, 11) is 0. The second-order valence-corrected chi connectivity index (χ2v) is 3.95. The molecule has 1 fully saturated rings. The minimum atomic E-state index is -0.673. The summed E-state index contributed by atoms with van der Waals surface area (Å²) in [5.41, 5.74) is 0.602. The summed E-state index contributed by atoms with van der Waals surface area (Å²) in [6.07, 6.45) is 2.44. The molecule has 4 heteroatoms. The van der Waals surface area contributed by atoms with Gasteiger partial charge in [0.05, 0.1) is 0 Å². The van der Waals surface area contributed by atoms with Crippen LogP contribution in [-0.4, -0.2) is 12.2 Å². The van der Waals surface area contributed by atoms with E-state index in [-0.39, 0.29) is 17.6 Å². The largest absolute Gasteiger partial charge is 0.342 e. The van der Waals surface area contributed by atoms with Crippen molar-refractivity contribution >= 4 is 12.2 Å². The number of carbonyl (C=O) groups excluding carboxylic acids is 2. The first-order valence-electron chi connectivity index (χ1n) is 5.22. The highest BCUT2D eigenvalue weighted by molar-refractivity contribution is 5.84. The molecule has 1 aromatic carbocycles. The Balaban J connectivity index is 2.06. The maximum atomic E-state index is 12.7. The fraction of sp³-hybridized carbons (Fsp3) is 0.333. The fourth-order valence-electron chi connectivity index (χ4n) is 1.48. The summed E-state index contributed by atoms with van der Waals surface area (Å²) >= 11 is 0. The molecule has 0 aromatic heterocycles. The molecule has 1 aliphatic carbocycles. The number of rotatable bonds is 4. The third-order valence-corrected chi connectivity index (χ3v) is 2.61. The van der Waals surface area contributed by atoms with E-state index in [1.807, 2.05) is 0 Å². The molecule has 3 nitrogen and oxygen atoms in total. The van der Waals surface area contributed by atoms with E-state index in [4.69, 9.17) is 0 Å². The molecule has 0 aliphatic heterocycles. The molecular formula is C12H12FNO2. The second kappa shape index (κ2) is 4.43. The van der Waals surface area contributed by atoms with Crippen LogP contribution in [0, 0.1) is 11.7 Å². The maximum Gasteiger partial charge on any atom is 0.223 e. The van der Waals surface area contributed by atoms with Gasteiger partial charge in [-0.2, -0.15) is 0 Å². The number of carbonyl (C=O) groups is 2. The van der Waals surface area contributed by atoms with Crippen molar-refractivity contribution < 1.29 is 14.0 Å². The average molecular weight is 221 g/mol. The molecule has 1 aliphatic rings. The van der Waals surface area contributed by atoms with E-state index in [1.54, 1.807) is 0 Å². The van der Waals surface area contributed by atoms with Gasteiger partial charge in [-0.25, -0.2) is 4.39 Å². The summed E-state index contributed by atoms with van der Waals surface area (Å²) < 4.78 is 12.7. The molecule has 0 saturated heterocycles. The van der Waals surface area contributed by atoms with Gasteiger partial charge < -0.3 is 10.1 Å². The van der Waals surface area contributed by atoms with Crippen molar-refractivity contribution in [1.82, 2.24) is 5.32 Å². The smallest absolute Gasteiger partial charge is 0.223 e. The molecule has 84 valence electrons. The van der Waals surface area contributed by atoms with Crippen LogP contribution in [0.4, 0.5) is 4.39 Å². The highest BCUT2D eigenvalue weighted by atomic mass is 19.1. The van der Waals surface area contributed by atoms with Crippen molar-refractivity contribution in [3.8, 4) is 0 Å². The molecule has 1 aromatic rings. The molecule has 0 bridgehead atoms. The Morgan fingerprint density at radius 3 is 2.50 bits per heavy atom. The lowest BCUT2D eigenvalue weighted by Gasteiger charge is -2.12. The van der Waals surface area contributed by atoms with Crippen molar-refractivity contribution in [1.29, 1.82) is 0 Å². The van der Waals surface area contributed by atoms with Crippen LogP contribution < -0.4 is 5.32 Å². The first kappa shape index (κ1) is 10.8. The van der Waals surface area contributed by atoms with Gasteiger partial charge in [0.1, 0.15) is 18.1 Å². The second-order valence-electron chi connectivity index (χ2n) is 3.95. The van der Waals surface area contributed by atoms with Crippen LogP contribution in [0.1, 0.15) is 24.4 Å². The third-order valence-electron chi connectivity index (χ3n) is 2.61. The van der Waals surface area contributed by atoms with Crippen LogP contribution in [-0.2, 0) is 9.59 Å². The van der Waals surface area contributed by atoms with E-state index in [0.29, 0.717) is 11.8 Å². The van der Waals surface area contributed by atoms with Gasteiger partial charge in [-0.05, 0) is 30.5 Å². The van der Waals surface area contributed by atoms with Crippen LogP contribution in [0.15, 0.2) is 24.3 Å². The zero-order valence-corrected chi connectivity index (χ0v) is 8.65. The molecule has 1 atom stereocenters. The lowest BCUT2D eigenvalue weighted by Crippen LogP contribution is -2.30. The number of halogens is 1. The minimum Gasteiger partial charge on any atom is -0.342 e. The summed E-state index contributed by atoms with van der Waals surface area (Å²) in [5.74, 6) is -0.397. The Labute approximate surface area is 92.7 Å². The van der Waals surface area contributed by atoms with Gasteiger partial charge in [0.25, 0.3) is 0 Å². The van der Waals surface area contributed by atoms with Crippen LogP contribution in [0.5, 0.6) is 0 Å². The lowest BCUT2D eigenvalue weighted by atomic mass is 10.1. The highest BCUT2D eigenvalue weighted by Gasteiger charge is 2.31. The van der Waals surface area contributed by atoms with Crippen molar-refractivity contribution in [2.24, 2.45) is 5.92 Å². The normalized spacial score (nSPS) is 16.6. The standard InChI is InChI=1S/C12H12FNO2/c13-10-5-3-8(4-6-10)11(7-15)14-12(16)9-1-2-9/h3-7,9,11H,1-2H2,(H,14,16)/t11-/m0/s1. The SMILES string of the molecule is O=C[C@H](NC(=O)C1CC1)c1ccc(F)cc1. The molecule has 1 saturated carbocycles. The number of amides is 1. The van der Waals surface area contributed by atoms with E-state index in [1.165, 1.54) is 24.3 Å².